The molecule has 1 aliphatic rings. The molecule has 1 saturated heterocycles. The van der Waals surface area contributed by atoms with Crippen LogP contribution in [0.5, 0.6) is 0 Å². The fourth-order valence-electron chi connectivity index (χ4n) is 2.56. The van der Waals surface area contributed by atoms with Gasteiger partial charge in [-0.2, -0.15) is 0 Å². The van der Waals surface area contributed by atoms with Crippen molar-refractivity contribution in [1.29, 1.82) is 0 Å². The fourth-order valence-corrected chi connectivity index (χ4v) is 2.56. The van der Waals surface area contributed by atoms with E-state index in [4.69, 9.17) is 5.11 Å². The third-order valence-corrected chi connectivity index (χ3v) is 3.90. The van der Waals surface area contributed by atoms with Gasteiger partial charge >= 0.3 is 12.0 Å². The number of carbonyl (C=O) groups is 2. The quantitative estimate of drug-likeness (QED) is 0.773. The number of carbonyl (C=O) groups excluding carboxylic acids is 1. The molecule has 0 radical (unpaired) electrons. The summed E-state index contributed by atoms with van der Waals surface area (Å²) in [5.41, 5.74) is 0. The Bertz CT molecular complexity index is 336. The molecule has 6 heteroatoms. The number of piperazine rings is 1. The Balaban J connectivity index is 2.50. The summed E-state index contributed by atoms with van der Waals surface area (Å²) >= 11 is 0. The average Bonchev–Trinajstić information content (AvgIpc) is 2.42. The molecule has 0 aromatic heterocycles. The van der Waals surface area contributed by atoms with Crippen LogP contribution in [0, 0.1) is 0 Å². The van der Waals surface area contributed by atoms with Gasteiger partial charge in [-0.25, -0.2) is 9.59 Å². The van der Waals surface area contributed by atoms with Crippen molar-refractivity contribution in [3.8, 4) is 0 Å². The van der Waals surface area contributed by atoms with Gasteiger partial charge in [0.2, 0.25) is 0 Å². The van der Waals surface area contributed by atoms with E-state index in [1.165, 1.54) is 0 Å². The van der Waals surface area contributed by atoms with E-state index in [-0.39, 0.29) is 6.03 Å². The van der Waals surface area contributed by atoms with Gasteiger partial charge < -0.3 is 15.3 Å². The molecule has 2 atom stereocenters. The lowest BCUT2D eigenvalue weighted by molar-refractivity contribution is -0.139. The van der Waals surface area contributed by atoms with Crippen LogP contribution in [-0.2, 0) is 4.79 Å². The smallest absolute Gasteiger partial charge is 0.326 e. The first-order chi connectivity index (χ1) is 9.49. The Hall–Kier alpha value is -1.30. The molecule has 0 spiro atoms. The standard InChI is InChI=1S/C14H27N3O3/c1-4-6-7-12(13(18)19)15-14(20)17-9-8-16(5-2)11(3)10-17/h11-12H,4-10H2,1-3H3,(H,15,20)(H,18,19). The molecule has 116 valence electrons. The fraction of sp³-hybridized carbons (Fsp3) is 0.857. The summed E-state index contributed by atoms with van der Waals surface area (Å²) < 4.78 is 0. The molecule has 0 aromatic carbocycles. The molecule has 1 rings (SSSR count). The molecule has 2 amide bonds. The Morgan fingerprint density at radius 3 is 2.55 bits per heavy atom. The Morgan fingerprint density at radius 2 is 2.05 bits per heavy atom. The number of hydrogen-bond acceptors (Lipinski definition) is 3. The Labute approximate surface area is 121 Å². The summed E-state index contributed by atoms with van der Waals surface area (Å²) in [4.78, 5) is 27.3. The number of unbranched alkanes of at least 4 members (excludes halogenated alkanes) is 1. The molecule has 1 heterocycles. The monoisotopic (exact) mass is 285 g/mol. The molecule has 0 aliphatic carbocycles. The van der Waals surface area contributed by atoms with Crippen LogP contribution in [0.4, 0.5) is 4.79 Å². The number of hydrogen-bond donors (Lipinski definition) is 2. The lowest BCUT2D eigenvalue weighted by Crippen LogP contribution is -2.57. The van der Waals surface area contributed by atoms with Crippen LogP contribution >= 0.6 is 0 Å². The van der Waals surface area contributed by atoms with E-state index >= 15 is 0 Å². The van der Waals surface area contributed by atoms with Crippen LogP contribution < -0.4 is 5.32 Å². The minimum atomic E-state index is -0.952. The summed E-state index contributed by atoms with van der Waals surface area (Å²) in [6.45, 7) is 9.34. The van der Waals surface area contributed by atoms with E-state index in [2.05, 4.69) is 24.1 Å². The van der Waals surface area contributed by atoms with E-state index in [0.29, 0.717) is 25.6 Å². The maximum Gasteiger partial charge on any atom is 0.326 e. The number of likely N-dealkylation sites (N-methyl/N-ethyl adjacent to an activating group) is 1. The second-order valence-electron chi connectivity index (χ2n) is 5.41. The van der Waals surface area contributed by atoms with Gasteiger partial charge in [0.15, 0.2) is 0 Å². The lowest BCUT2D eigenvalue weighted by atomic mass is 10.1. The highest BCUT2D eigenvalue weighted by atomic mass is 16.4. The first kappa shape index (κ1) is 16.8. The van der Waals surface area contributed by atoms with Crippen LogP contribution in [-0.4, -0.2) is 65.2 Å². The number of amides is 2. The number of urea groups is 1. The van der Waals surface area contributed by atoms with Crippen LogP contribution in [0.25, 0.3) is 0 Å². The molecule has 2 N–H and O–H groups in total. The van der Waals surface area contributed by atoms with Gasteiger partial charge in [-0.1, -0.05) is 26.7 Å². The van der Waals surface area contributed by atoms with Gasteiger partial charge in [-0.15, -0.1) is 0 Å². The van der Waals surface area contributed by atoms with Gasteiger partial charge in [0.05, 0.1) is 0 Å². The number of carboxylic acids is 1. The number of rotatable bonds is 6. The van der Waals surface area contributed by atoms with Crippen LogP contribution in [0.2, 0.25) is 0 Å². The maximum atomic E-state index is 12.1. The second-order valence-corrected chi connectivity index (χ2v) is 5.41. The van der Waals surface area contributed by atoms with Gasteiger partial charge in [0.25, 0.3) is 0 Å². The lowest BCUT2D eigenvalue weighted by Gasteiger charge is -2.39. The normalized spacial score (nSPS) is 21.6. The van der Waals surface area contributed by atoms with Crippen molar-refractivity contribution in [2.45, 2.75) is 52.1 Å². The van der Waals surface area contributed by atoms with Crippen molar-refractivity contribution in [1.82, 2.24) is 15.1 Å². The number of nitrogens with one attached hydrogen (secondary N) is 1. The molecule has 0 saturated carbocycles. The summed E-state index contributed by atoms with van der Waals surface area (Å²) in [6, 6.07) is -0.712. The van der Waals surface area contributed by atoms with Crippen LogP contribution in [0.3, 0.4) is 0 Å². The summed E-state index contributed by atoms with van der Waals surface area (Å²) in [6.07, 6.45) is 2.21. The van der Waals surface area contributed by atoms with Crippen LogP contribution in [0.1, 0.15) is 40.0 Å². The molecular weight excluding hydrogens is 258 g/mol. The molecule has 20 heavy (non-hydrogen) atoms. The van der Waals surface area contributed by atoms with Crippen molar-refractivity contribution in [3.63, 3.8) is 0 Å². The van der Waals surface area contributed by atoms with E-state index in [9.17, 15) is 9.59 Å². The van der Waals surface area contributed by atoms with E-state index in [1.807, 2.05) is 6.92 Å². The van der Waals surface area contributed by atoms with Crippen LogP contribution in [0.15, 0.2) is 0 Å². The average molecular weight is 285 g/mol. The Kier molecular flexibility index (Phi) is 6.78. The molecule has 1 fully saturated rings. The highest BCUT2D eigenvalue weighted by Crippen LogP contribution is 2.10. The highest BCUT2D eigenvalue weighted by molar-refractivity contribution is 5.82. The van der Waals surface area contributed by atoms with E-state index in [0.717, 1.165) is 25.9 Å². The van der Waals surface area contributed by atoms with Crippen molar-refractivity contribution >= 4 is 12.0 Å². The third kappa shape index (κ3) is 4.67. The van der Waals surface area contributed by atoms with Crippen molar-refractivity contribution in [3.05, 3.63) is 0 Å². The van der Waals surface area contributed by atoms with Crippen molar-refractivity contribution in [2.24, 2.45) is 0 Å². The summed E-state index contributed by atoms with van der Waals surface area (Å²) in [5, 5.41) is 11.8. The van der Waals surface area contributed by atoms with Crippen molar-refractivity contribution < 1.29 is 14.7 Å². The SMILES string of the molecule is CCCCC(NC(=O)N1CCN(CC)C(C)C1)C(=O)O. The van der Waals surface area contributed by atoms with Gasteiger partial charge in [0.1, 0.15) is 6.04 Å². The topological polar surface area (TPSA) is 72.9 Å². The predicted octanol–water partition coefficient (Wildman–Crippen LogP) is 1.37. The largest absolute Gasteiger partial charge is 0.480 e. The van der Waals surface area contributed by atoms with Gasteiger partial charge in [0, 0.05) is 25.7 Å². The highest BCUT2D eigenvalue weighted by Gasteiger charge is 2.28. The number of carboxylic acid groups (broad SMARTS) is 1. The molecule has 1 aliphatic heterocycles. The summed E-state index contributed by atoms with van der Waals surface area (Å²) in [5.74, 6) is -0.952. The zero-order chi connectivity index (χ0) is 15.1. The molecule has 0 aromatic rings. The second kappa shape index (κ2) is 8.09. The van der Waals surface area contributed by atoms with Crippen molar-refractivity contribution in [2.75, 3.05) is 26.2 Å². The number of aliphatic carboxylic acids is 1. The molecule has 2 unspecified atom stereocenters. The van der Waals surface area contributed by atoms with E-state index in [1.54, 1.807) is 4.90 Å². The first-order valence-electron chi connectivity index (χ1n) is 7.51. The minimum Gasteiger partial charge on any atom is -0.480 e. The third-order valence-electron chi connectivity index (χ3n) is 3.90. The maximum absolute atomic E-state index is 12.1. The molecule has 6 nitrogen and oxygen atoms in total. The van der Waals surface area contributed by atoms with Gasteiger partial charge in [-0.3, -0.25) is 4.90 Å². The molecule has 0 bridgehead atoms. The minimum absolute atomic E-state index is 0.254. The zero-order valence-electron chi connectivity index (χ0n) is 12.8. The van der Waals surface area contributed by atoms with Gasteiger partial charge in [-0.05, 0) is 19.9 Å². The number of nitrogens with zero attached hydrogens (tertiary/aromatic N) is 2. The van der Waals surface area contributed by atoms with E-state index < -0.39 is 12.0 Å². The first-order valence-corrected chi connectivity index (χ1v) is 7.51. The molecular formula is C14H27N3O3. The Morgan fingerprint density at radius 1 is 1.35 bits per heavy atom. The zero-order valence-corrected chi connectivity index (χ0v) is 12.8. The predicted molar refractivity (Wildman–Crippen MR) is 77.8 cm³/mol. The summed E-state index contributed by atoms with van der Waals surface area (Å²) in [7, 11) is 0.